The summed E-state index contributed by atoms with van der Waals surface area (Å²) in [6.45, 7) is 0. The molecule has 1 aliphatic rings. The highest BCUT2D eigenvalue weighted by Gasteiger charge is 1.96. The molecular formula is C9H12S2. The molecule has 0 radical (unpaired) electrons. The largest absolute Gasteiger partial charge is 0.0941 e. The predicted molar refractivity (Wildman–Crippen MR) is 56.0 cm³/mol. The third kappa shape index (κ3) is 5.22. The standard InChI is InChI=1S/C6H6.C3H6S2/c1-2-4-6-5-3-1;1-2-4-5-3-1/h1-6H;1-3H2. The molecule has 0 aliphatic carbocycles. The van der Waals surface area contributed by atoms with Crippen molar-refractivity contribution in [1.29, 1.82) is 0 Å². The molecule has 0 saturated carbocycles. The van der Waals surface area contributed by atoms with Gasteiger partial charge >= 0.3 is 0 Å². The van der Waals surface area contributed by atoms with Crippen LogP contribution in [0.5, 0.6) is 0 Å². The molecule has 1 aromatic carbocycles. The fourth-order valence-corrected chi connectivity index (χ4v) is 3.04. The van der Waals surface area contributed by atoms with E-state index in [9.17, 15) is 0 Å². The molecule has 11 heavy (non-hydrogen) atoms. The number of hydrogen-bond acceptors (Lipinski definition) is 2. The van der Waals surface area contributed by atoms with Crippen molar-refractivity contribution in [2.24, 2.45) is 0 Å². The predicted octanol–water partition coefficient (Wildman–Crippen LogP) is 3.46. The van der Waals surface area contributed by atoms with Crippen molar-refractivity contribution in [3.8, 4) is 0 Å². The molecule has 2 heteroatoms. The van der Waals surface area contributed by atoms with E-state index in [-0.39, 0.29) is 0 Å². The lowest BCUT2D eigenvalue weighted by Gasteiger charge is -1.69. The van der Waals surface area contributed by atoms with E-state index in [0.717, 1.165) is 0 Å². The lowest BCUT2D eigenvalue weighted by atomic mass is 10.4. The van der Waals surface area contributed by atoms with Crippen LogP contribution >= 0.6 is 21.6 Å². The molecule has 0 nitrogen and oxygen atoms in total. The number of rotatable bonds is 0. The minimum absolute atomic E-state index is 1.38. The molecule has 0 amide bonds. The van der Waals surface area contributed by atoms with Gasteiger partial charge in [-0.2, -0.15) is 0 Å². The third-order valence-electron chi connectivity index (χ3n) is 1.21. The molecule has 1 saturated heterocycles. The van der Waals surface area contributed by atoms with Gasteiger partial charge < -0.3 is 0 Å². The molecule has 0 aromatic heterocycles. The Bertz CT molecular complexity index is 124. The summed E-state index contributed by atoms with van der Waals surface area (Å²) < 4.78 is 0. The van der Waals surface area contributed by atoms with Crippen molar-refractivity contribution in [2.75, 3.05) is 11.5 Å². The minimum Gasteiger partial charge on any atom is -0.0941 e. The highest BCUT2D eigenvalue weighted by Crippen LogP contribution is 2.29. The van der Waals surface area contributed by atoms with Gasteiger partial charge in [0.25, 0.3) is 0 Å². The molecule has 60 valence electrons. The number of hydrogen-bond donors (Lipinski definition) is 0. The van der Waals surface area contributed by atoms with Crippen molar-refractivity contribution in [3.63, 3.8) is 0 Å². The molecule has 0 bridgehead atoms. The van der Waals surface area contributed by atoms with Crippen LogP contribution in [0.1, 0.15) is 6.42 Å². The van der Waals surface area contributed by atoms with Gasteiger partial charge in [0.1, 0.15) is 0 Å². The lowest BCUT2D eigenvalue weighted by Crippen LogP contribution is -1.63. The molecule has 1 fully saturated rings. The second-order valence-electron chi connectivity index (χ2n) is 2.15. The summed E-state index contributed by atoms with van der Waals surface area (Å²) >= 11 is 0. The maximum Gasteiger partial charge on any atom is 0.00450 e. The molecule has 1 heterocycles. The Morgan fingerprint density at radius 1 is 0.636 bits per heavy atom. The van der Waals surface area contributed by atoms with Gasteiger partial charge in [-0.1, -0.05) is 58.0 Å². The molecule has 0 atom stereocenters. The first-order chi connectivity index (χ1) is 5.50. The maximum absolute atomic E-state index is 2.00. The van der Waals surface area contributed by atoms with Gasteiger partial charge in [0, 0.05) is 11.5 Å². The first-order valence-corrected chi connectivity index (χ1v) is 6.23. The van der Waals surface area contributed by atoms with Crippen LogP contribution in [0.25, 0.3) is 0 Å². The Labute approximate surface area is 76.2 Å². The van der Waals surface area contributed by atoms with E-state index in [1.807, 2.05) is 58.0 Å². The van der Waals surface area contributed by atoms with Crippen molar-refractivity contribution < 1.29 is 0 Å². The van der Waals surface area contributed by atoms with Gasteiger partial charge in [0.15, 0.2) is 0 Å². The van der Waals surface area contributed by atoms with Crippen molar-refractivity contribution in [1.82, 2.24) is 0 Å². The Morgan fingerprint density at radius 2 is 1.00 bits per heavy atom. The fraction of sp³-hybridized carbons (Fsp3) is 0.333. The van der Waals surface area contributed by atoms with Crippen LogP contribution in [0.4, 0.5) is 0 Å². The zero-order chi connectivity index (χ0) is 7.78. The first kappa shape index (κ1) is 9.01. The normalized spacial score (nSPS) is 15.3. The summed E-state index contributed by atoms with van der Waals surface area (Å²) in [7, 11) is 3.98. The van der Waals surface area contributed by atoms with Crippen LogP contribution in [-0.2, 0) is 0 Å². The maximum atomic E-state index is 2.00. The van der Waals surface area contributed by atoms with Crippen LogP contribution in [0.2, 0.25) is 0 Å². The van der Waals surface area contributed by atoms with E-state index in [4.69, 9.17) is 0 Å². The smallest absolute Gasteiger partial charge is 0.00450 e. The summed E-state index contributed by atoms with van der Waals surface area (Å²) in [5.41, 5.74) is 0. The topological polar surface area (TPSA) is 0 Å². The Hall–Kier alpha value is -0.0800. The number of benzene rings is 1. The van der Waals surface area contributed by atoms with Crippen molar-refractivity contribution >= 4 is 21.6 Å². The van der Waals surface area contributed by atoms with E-state index in [0.29, 0.717) is 0 Å². The van der Waals surface area contributed by atoms with E-state index < -0.39 is 0 Å². The second kappa shape index (κ2) is 6.62. The van der Waals surface area contributed by atoms with Gasteiger partial charge in [-0.3, -0.25) is 0 Å². The van der Waals surface area contributed by atoms with E-state index in [2.05, 4.69) is 0 Å². The SMILES string of the molecule is C1CSSC1.c1ccccc1. The van der Waals surface area contributed by atoms with Gasteiger partial charge in [-0.05, 0) is 6.42 Å². The average molecular weight is 184 g/mol. The van der Waals surface area contributed by atoms with Crippen LogP contribution in [-0.4, -0.2) is 11.5 Å². The van der Waals surface area contributed by atoms with Gasteiger partial charge in [0.05, 0.1) is 0 Å². The minimum atomic E-state index is 1.38. The highest BCUT2D eigenvalue weighted by molar-refractivity contribution is 8.77. The first-order valence-electron chi connectivity index (χ1n) is 3.74. The molecule has 1 aromatic rings. The molecule has 2 rings (SSSR count). The molecule has 0 unspecified atom stereocenters. The second-order valence-corrected chi connectivity index (χ2v) is 4.85. The third-order valence-corrected chi connectivity index (χ3v) is 3.78. The molecular weight excluding hydrogens is 172 g/mol. The van der Waals surface area contributed by atoms with E-state index >= 15 is 0 Å². The van der Waals surface area contributed by atoms with E-state index in [1.165, 1.54) is 17.9 Å². The van der Waals surface area contributed by atoms with Crippen molar-refractivity contribution in [2.45, 2.75) is 6.42 Å². The summed E-state index contributed by atoms with van der Waals surface area (Å²) in [4.78, 5) is 0. The summed E-state index contributed by atoms with van der Waals surface area (Å²) in [6, 6.07) is 12.0. The Kier molecular flexibility index (Phi) is 5.42. The van der Waals surface area contributed by atoms with Crippen molar-refractivity contribution in [3.05, 3.63) is 36.4 Å². The van der Waals surface area contributed by atoms with Crippen LogP contribution in [0, 0.1) is 0 Å². The van der Waals surface area contributed by atoms with Gasteiger partial charge in [-0.25, -0.2) is 0 Å². The summed E-state index contributed by atoms with van der Waals surface area (Å²) in [5.74, 6) is 2.76. The Balaban J connectivity index is 0.000000112. The molecule has 0 spiro atoms. The molecule has 0 N–H and O–H groups in total. The lowest BCUT2D eigenvalue weighted by molar-refractivity contribution is 1.15. The monoisotopic (exact) mass is 184 g/mol. The van der Waals surface area contributed by atoms with Gasteiger partial charge in [-0.15, -0.1) is 0 Å². The quantitative estimate of drug-likeness (QED) is 0.566. The average Bonchev–Trinajstić information content (AvgIpc) is 2.64. The molecule has 1 aliphatic heterocycles. The fourth-order valence-electron chi connectivity index (χ4n) is 0.680. The highest BCUT2D eigenvalue weighted by atomic mass is 33.1. The van der Waals surface area contributed by atoms with Crippen LogP contribution < -0.4 is 0 Å². The van der Waals surface area contributed by atoms with Crippen LogP contribution in [0.15, 0.2) is 36.4 Å². The van der Waals surface area contributed by atoms with Crippen LogP contribution in [0.3, 0.4) is 0 Å². The van der Waals surface area contributed by atoms with Gasteiger partial charge in [0.2, 0.25) is 0 Å². The summed E-state index contributed by atoms with van der Waals surface area (Å²) in [6.07, 6.45) is 1.43. The van der Waals surface area contributed by atoms with E-state index in [1.54, 1.807) is 0 Å². The Morgan fingerprint density at radius 3 is 1.18 bits per heavy atom. The summed E-state index contributed by atoms with van der Waals surface area (Å²) in [5, 5.41) is 0. The zero-order valence-electron chi connectivity index (χ0n) is 6.40. The zero-order valence-corrected chi connectivity index (χ0v) is 8.03.